The Balaban J connectivity index is 1.61. The summed E-state index contributed by atoms with van der Waals surface area (Å²) >= 11 is 0. The summed E-state index contributed by atoms with van der Waals surface area (Å²) in [4.78, 5) is 9.71. The molecule has 0 spiro atoms. The molecule has 8 heteroatoms. The number of rotatable bonds is 5. The van der Waals surface area contributed by atoms with Gasteiger partial charge in [0.05, 0.1) is 18.8 Å². The summed E-state index contributed by atoms with van der Waals surface area (Å²) in [5.41, 5.74) is 0. The Kier molecular flexibility index (Phi) is 6.62. The molecule has 0 aromatic heterocycles. The number of ether oxygens (including phenoxy) is 1. The van der Waals surface area contributed by atoms with E-state index in [9.17, 15) is 4.89 Å². The van der Waals surface area contributed by atoms with Crippen LogP contribution in [-0.2, 0) is 13.8 Å². The van der Waals surface area contributed by atoms with Crippen molar-refractivity contribution in [2.24, 2.45) is 5.92 Å². The van der Waals surface area contributed by atoms with Crippen LogP contribution in [0.25, 0.3) is 0 Å². The highest BCUT2D eigenvalue weighted by Crippen LogP contribution is 2.40. The molecule has 0 saturated carbocycles. The lowest BCUT2D eigenvalue weighted by Crippen LogP contribution is -2.19. The first-order chi connectivity index (χ1) is 8.65. The third kappa shape index (κ3) is 4.86. The van der Waals surface area contributed by atoms with Gasteiger partial charge in [0.1, 0.15) is 7.85 Å². The van der Waals surface area contributed by atoms with E-state index >= 15 is 0 Å². The molecule has 0 amide bonds. The van der Waals surface area contributed by atoms with Crippen LogP contribution in [0.15, 0.2) is 0 Å². The molecule has 0 aromatic rings. The van der Waals surface area contributed by atoms with Crippen LogP contribution < -0.4 is 0 Å². The van der Waals surface area contributed by atoms with Crippen molar-refractivity contribution in [2.45, 2.75) is 38.0 Å². The van der Waals surface area contributed by atoms with Gasteiger partial charge >= 0.3 is 8.60 Å². The third-order valence-electron chi connectivity index (χ3n) is 3.02. The molecule has 2 aliphatic heterocycles. The molecule has 2 saturated heterocycles. The average Bonchev–Trinajstić information content (AvgIpc) is 2.68. The first-order valence-corrected chi connectivity index (χ1v) is 9.71. The van der Waals surface area contributed by atoms with Gasteiger partial charge in [-0.1, -0.05) is 28.5 Å². The van der Waals surface area contributed by atoms with E-state index in [1.54, 1.807) is 10.8 Å². The molecule has 0 aliphatic carbocycles. The van der Waals surface area contributed by atoms with Gasteiger partial charge < -0.3 is 18.7 Å². The first kappa shape index (κ1) is 15.4. The van der Waals surface area contributed by atoms with E-state index in [-0.39, 0.29) is 18.2 Å². The molecule has 2 rings (SSSR count). The van der Waals surface area contributed by atoms with Crippen LogP contribution in [0, 0.1) is 5.92 Å². The quantitative estimate of drug-likeness (QED) is 0.478. The second-order valence-electron chi connectivity index (χ2n) is 4.59. The molecule has 2 unspecified atom stereocenters. The summed E-state index contributed by atoms with van der Waals surface area (Å²) in [5.74, 6) is 2.32. The predicted octanol–water partition coefficient (Wildman–Crippen LogP) is 2.31. The Morgan fingerprint density at radius 2 is 2.33 bits per heavy atom. The SMILES string of the molecule is [B][C@@H]1OC(COP(O)O[C@@H]2CCSSC2)C[C@@H]1C. The van der Waals surface area contributed by atoms with Crippen molar-refractivity contribution in [1.29, 1.82) is 0 Å². The molecule has 1 N–H and O–H groups in total. The van der Waals surface area contributed by atoms with Crippen LogP contribution in [-0.4, -0.2) is 49.1 Å². The van der Waals surface area contributed by atoms with Crippen LogP contribution >= 0.6 is 30.2 Å². The van der Waals surface area contributed by atoms with Crippen LogP contribution in [0.1, 0.15) is 19.8 Å². The topological polar surface area (TPSA) is 47.9 Å². The van der Waals surface area contributed by atoms with Crippen LogP contribution in [0.4, 0.5) is 0 Å². The zero-order chi connectivity index (χ0) is 13.0. The zero-order valence-corrected chi connectivity index (χ0v) is 12.9. The largest absolute Gasteiger partial charge is 0.382 e. The van der Waals surface area contributed by atoms with Gasteiger partial charge in [-0.2, -0.15) is 0 Å². The Morgan fingerprint density at radius 3 is 2.94 bits per heavy atom. The highest BCUT2D eigenvalue weighted by Gasteiger charge is 2.29. The lowest BCUT2D eigenvalue weighted by Gasteiger charge is -2.23. The summed E-state index contributed by atoms with van der Waals surface area (Å²) in [5, 5.41) is 0. The van der Waals surface area contributed by atoms with E-state index in [0.29, 0.717) is 12.5 Å². The molecule has 2 heterocycles. The summed E-state index contributed by atoms with van der Waals surface area (Å²) in [7, 11) is 7.59. The van der Waals surface area contributed by atoms with Gasteiger partial charge in [-0.3, -0.25) is 0 Å². The zero-order valence-electron chi connectivity index (χ0n) is 10.4. The number of hydrogen-bond acceptors (Lipinski definition) is 6. The standard InChI is InChI=1S/C10H18BO4PS2/c1-7-4-9(14-10(7)11)5-13-16(12)15-8-2-3-17-18-6-8/h7-10,12H,2-6H2,1H3/t7-,8+,9?,10+,16?/m0/s1. The molecule has 2 aliphatic rings. The molecule has 2 radical (unpaired) electrons. The molecule has 0 bridgehead atoms. The van der Waals surface area contributed by atoms with Gasteiger partial charge in [0.15, 0.2) is 0 Å². The lowest BCUT2D eigenvalue weighted by atomic mass is 9.88. The Bertz CT molecular complexity index is 248. The fourth-order valence-corrected chi connectivity index (χ4v) is 5.14. The average molecular weight is 308 g/mol. The molecular formula is C10H18BO4PS2. The van der Waals surface area contributed by atoms with Gasteiger partial charge in [-0.25, -0.2) is 0 Å². The molecule has 4 nitrogen and oxygen atoms in total. The van der Waals surface area contributed by atoms with Crippen molar-refractivity contribution in [2.75, 3.05) is 18.1 Å². The third-order valence-corrected chi connectivity index (χ3v) is 6.35. The highest BCUT2D eigenvalue weighted by molar-refractivity contribution is 8.76. The second kappa shape index (κ2) is 7.72. The Hall–Kier alpha value is 1.03. The maximum Gasteiger partial charge on any atom is 0.330 e. The minimum atomic E-state index is -1.79. The molecule has 18 heavy (non-hydrogen) atoms. The summed E-state index contributed by atoms with van der Waals surface area (Å²) in [6, 6.07) is -0.212. The molecule has 2 fully saturated rings. The minimum Gasteiger partial charge on any atom is -0.382 e. The molecule has 5 atom stereocenters. The maximum absolute atomic E-state index is 9.71. The van der Waals surface area contributed by atoms with Crippen molar-refractivity contribution < 1.29 is 18.7 Å². The second-order valence-corrected chi connectivity index (χ2v) is 8.16. The van der Waals surface area contributed by atoms with E-state index in [1.807, 2.05) is 10.8 Å². The van der Waals surface area contributed by atoms with Gasteiger partial charge in [-0.15, -0.1) is 0 Å². The minimum absolute atomic E-state index is 0.0213. The van der Waals surface area contributed by atoms with E-state index in [1.165, 1.54) is 0 Å². The Labute approximate surface area is 119 Å². The fourth-order valence-electron chi connectivity index (χ4n) is 1.90. The molecule has 0 aromatic carbocycles. The normalized spacial score (nSPS) is 38.8. The van der Waals surface area contributed by atoms with Crippen molar-refractivity contribution in [3.8, 4) is 0 Å². The molecule has 102 valence electrons. The van der Waals surface area contributed by atoms with Crippen molar-refractivity contribution >= 4 is 38.0 Å². The van der Waals surface area contributed by atoms with Gasteiger partial charge in [-0.05, 0) is 18.8 Å². The van der Waals surface area contributed by atoms with Gasteiger partial charge in [0, 0.05) is 17.5 Å². The summed E-state index contributed by atoms with van der Waals surface area (Å²) < 4.78 is 16.3. The molecular weight excluding hydrogens is 290 g/mol. The van der Waals surface area contributed by atoms with Gasteiger partial charge in [0.25, 0.3) is 0 Å². The van der Waals surface area contributed by atoms with Crippen LogP contribution in [0.2, 0.25) is 0 Å². The van der Waals surface area contributed by atoms with Crippen molar-refractivity contribution in [3.05, 3.63) is 0 Å². The highest BCUT2D eigenvalue weighted by atomic mass is 33.1. The van der Waals surface area contributed by atoms with Crippen molar-refractivity contribution in [1.82, 2.24) is 0 Å². The lowest BCUT2D eigenvalue weighted by molar-refractivity contribution is 0.0383. The van der Waals surface area contributed by atoms with Crippen LogP contribution in [0.5, 0.6) is 0 Å². The van der Waals surface area contributed by atoms with Crippen LogP contribution in [0.3, 0.4) is 0 Å². The van der Waals surface area contributed by atoms with Crippen molar-refractivity contribution in [3.63, 3.8) is 0 Å². The fraction of sp³-hybridized carbons (Fsp3) is 1.00. The van der Waals surface area contributed by atoms with Gasteiger partial charge in [0.2, 0.25) is 0 Å². The summed E-state index contributed by atoms with van der Waals surface area (Å²) in [6.07, 6.45) is 1.94. The smallest absolute Gasteiger partial charge is 0.330 e. The monoisotopic (exact) mass is 308 g/mol. The predicted molar refractivity (Wildman–Crippen MR) is 77.7 cm³/mol. The number of hydrogen-bond donors (Lipinski definition) is 1. The van der Waals surface area contributed by atoms with E-state index in [2.05, 4.69) is 6.92 Å². The van der Waals surface area contributed by atoms with E-state index < -0.39 is 8.60 Å². The summed E-state index contributed by atoms with van der Waals surface area (Å²) in [6.45, 7) is 2.41. The first-order valence-electron chi connectivity index (χ1n) is 6.09. The maximum atomic E-state index is 9.71. The van der Waals surface area contributed by atoms with E-state index in [0.717, 1.165) is 24.3 Å². The Morgan fingerprint density at radius 1 is 1.50 bits per heavy atom. The van der Waals surface area contributed by atoms with E-state index in [4.69, 9.17) is 21.6 Å².